The van der Waals surface area contributed by atoms with Crippen LogP contribution in [0.5, 0.6) is 0 Å². The molecule has 27 heavy (non-hydrogen) atoms. The Labute approximate surface area is 158 Å². The van der Waals surface area contributed by atoms with Gasteiger partial charge in [-0.1, -0.05) is 42.0 Å². The maximum atomic E-state index is 12.7. The third kappa shape index (κ3) is 4.44. The lowest BCUT2D eigenvalue weighted by atomic mass is 10.1. The molecular weight excluding hydrogens is 340 g/mol. The Kier molecular flexibility index (Phi) is 5.71. The Morgan fingerprint density at radius 3 is 2.59 bits per heavy atom. The Morgan fingerprint density at radius 2 is 1.85 bits per heavy atom. The monoisotopic (exact) mass is 362 g/mol. The minimum atomic E-state index is -0.306. The predicted octanol–water partition coefficient (Wildman–Crippen LogP) is 3.84. The molecule has 0 bridgehead atoms. The number of benzene rings is 2. The molecule has 2 aromatic carbocycles. The Morgan fingerprint density at radius 1 is 1.04 bits per heavy atom. The first-order valence-electron chi connectivity index (χ1n) is 8.80. The number of anilines is 1. The van der Waals surface area contributed by atoms with Gasteiger partial charge in [0.25, 0.3) is 11.8 Å². The molecule has 0 radical (unpaired) electrons. The highest BCUT2D eigenvalue weighted by Crippen LogP contribution is 2.21. The molecule has 0 fully saturated rings. The first-order valence-corrected chi connectivity index (χ1v) is 8.80. The molecule has 0 saturated heterocycles. The molecule has 0 saturated carbocycles. The van der Waals surface area contributed by atoms with Crippen molar-refractivity contribution in [2.24, 2.45) is 0 Å². The largest absolute Gasteiger partial charge is 0.459 e. The van der Waals surface area contributed by atoms with Gasteiger partial charge < -0.3 is 14.6 Å². The van der Waals surface area contributed by atoms with Crippen LogP contribution in [0.4, 0.5) is 5.69 Å². The van der Waals surface area contributed by atoms with Crippen molar-refractivity contribution >= 4 is 17.5 Å². The second-order valence-corrected chi connectivity index (χ2v) is 6.35. The van der Waals surface area contributed by atoms with E-state index in [1.807, 2.05) is 25.1 Å². The van der Waals surface area contributed by atoms with Gasteiger partial charge in [-0.3, -0.25) is 9.59 Å². The van der Waals surface area contributed by atoms with Crippen molar-refractivity contribution in [2.45, 2.75) is 13.3 Å². The van der Waals surface area contributed by atoms with Crippen LogP contribution < -0.4 is 10.2 Å². The fourth-order valence-corrected chi connectivity index (χ4v) is 2.92. The van der Waals surface area contributed by atoms with Crippen molar-refractivity contribution in [2.75, 3.05) is 18.5 Å². The van der Waals surface area contributed by atoms with E-state index < -0.39 is 0 Å². The number of carbonyl (C=O) groups excluding carboxylic acids is 2. The van der Waals surface area contributed by atoms with Crippen molar-refractivity contribution in [1.29, 1.82) is 0 Å². The first kappa shape index (κ1) is 18.5. The van der Waals surface area contributed by atoms with Crippen molar-refractivity contribution < 1.29 is 14.0 Å². The molecule has 0 unspecified atom stereocenters. The summed E-state index contributed by atoms with van der Waals surface area (Å²) in [4.78, 5) is 26.6. The molecule has 0 aliphatic rings. The molecule has 0 atom stereocenters. The summed E-state index contributed by atoms with van der Waals surface area (Å²) in [7, 11) is 1.63. The van der Waals surface area contributed by atoms with Crippen LogP contribution in [-0.4, -0.2) is 25.4 Å². The van der Waals surface area contributed by atoms with Gasteiger partial charge in [0.1, 0.15) is 0 Å². The number of hydrogen-bond acceptors (Lipinski definition) is 3. The molecule has 1 heterocycles. The highest BCUT2D eigenvalue weighted by atomic mass is 16.3. The molecule has 5 nitrogen and oxygen atoms in total. The molecule has 5 heteroatoms. The standard InChI is InChI=1S/C22H22N2O3/c1-16-7-5-8-17(15-16)12-13-23-21(25)18-9-3-4-10-19(18)24(2)22(26)20-11-6-14-27-20/h3-11,14-15H,12-13H2,1-2H3,(H,23,25). The predicted molar refractivity (Wildman–Crippen MR) is 105 cm³/mol. The quantitative estimate of drug-likeness (QED) is 0.725. The van der Waals surface area contributed by atoms with E-state index in [4.69, 9.17) is 4.42 Å². The van der Waals surface area contributed by atoms with Crippen LogP contribution in [0.25, 0.3) is 0 Å². The molecule has 0 aliphatic carbocycles. The molecule has 0 spiro atoms. The molecular formula is C22H22N2O3. The number of rotatable bonds is 6. The van der Waals surface area contributed by atoms with Gasteiger partial charge in [-0.15, -0.1) is 0 Å². The summed E-state index contributed by atoms with van der Waals surface area (Å²) >= 11 is 0. The number of para-hydroxylation sites is 1. The average molecular weight is 362 g/mol. The van der Waals surface area contributed by atoms with Gasteiger partial charge in [-0.05, 0) is 43.2 Å². The van der Waals surface area contributed by atoms with Crippen LogP contribution in [0.15, 0.2) is 71.3 Å². The van der Waals surface area contributed by atoms with Crippen LogP contribution >= 0.6 is 0 Å². The summed E-state index contributed by atoms with van der Waals surface area (Å²) in [5.74, 6) is -0.287. The normalized spacial score (nSPS) is 10.4. The third-order valence-electron chi connectivity index (χ3n) is 4.33. The molecule has 2 amide bonds. The highest BCUT2D eigenvalue weighted by Gasteiger charge is 2.20. The van der Waals surface area contributed by atoms with Gasteiger partial charge in [-0.2, -0.15) is 0 Å². The van der Waals surface area contributed by atoms with Crippen molar-refractivity contribution in [1.82, 2.24) is 5.32 Å². The zero-order valence-electron chi connectivity index (χ0n) is 15.4. The van der Waals surface area contributed by atoms with E-state index in [1.165, 1.54) is 22.3 Å². The highest BCUT2D eigenvalue weighted by molar-refractivity contribution is 6.09. The SMILES string of the molecule is Cc1cccc(CCNC(=O)c2ccccc2N(C)C(=O)c2ccco2)c1. The number of hydrogen-bond donors (Lipinski definition) is 1. The topological polar surface area (TPSA) is 62.6 Å². The summed E-state index contributed by atoms with van der Waals surface area (Å²) in [6.07, 6.45) is 2.20. The zero-order valence-corrected chi connectivity index (χ0v) is 15.4. The summed E-state index contributed by atoms with van der Waals surface area (Å²) in [5.41, 5.74) is 3.35. The van der Waals surface area contributed by atoms with E-state index in [9.17, 15) is 9.59 Å². The lowest BCUT2D eigenvalue weighted by Gasteiger charge is -2.19. The Bertz CT molecular complexity index is 932. The van der Waals surface area contributed by atoms with Gasteiger partial charge in [0.05, 0.1) is 17.5 Å². The third-order valence-corrected chi connectivity index (χ3v) is 4.33. The Balaban J connectivity index is 1.69. The number of nitrogens with zero attached hydrogens (tertiary/aromatic N) is 1. The summed E-state index contributed by atoms with van der Waals surface area (Å²) < 4.78 is 5.17. The van der Waals surface area contributed by atoms with Crippen molar-refractivity contribution in [3.63, 3.8) is 0 Å². The second-order valence-electron chi connectivity index (χ2n) is 6.35. The number of nitrogens with one attached hydrogen (secondary N) is 1. The average Bonchev–Trinajstić information content (AvgIpc) is 3.21. The van der Waals surface area contributed by atoms with Gasteiger partial charge in [-0.25, -0.2) is 0 Å². The molecule has 0 aliphatic heterocycles. The summed E-state index contributed by atoms with van der Waals surface area (Å²) in [6, 6.07) is 18.5. The molecule has 1 N–H and O–H groups in total. The number of furan rings is 1. The lowest BCUT2D eigenvalue weighted by molar-refractivity contribution is 0.0954. The number of amides is 2. The Hall–Kier alpha value is -3.34. The molecule has 1 aromatic heterocycles. The van der Waals surface area contributed by atoms with E-state index in [0.717, 1.165) is 6.42 Å². The van der Waals surface area contributed by atoms with Crippen LogP contribution in [0.2, 0.25) is 0 Å². The zero-order chi connectivity index (χ0) is 19.2. The fourth-order valence-electron chi connectivity index (χ4n) is 2.92. The van der Waals surface area contributed by atoms with E-state index >= 15 is 0 Å². The fraction of sp³-hybridized carbons (Fsp3) is 0.182. The second kappa shape index (κ2) is 8.36. The van der Waals surface area contributed by atoms with Gasteiger partial charge in [0.2, 0.25) is 0 Å². The number of aryl methyl sites for hydroxylation is 1. The van der Waals surface area contributed by atoms with Gasteiger partial charge in [0, 0.05) is 13.6 Å². The minimum Gasteiger partial charge on any atom is -0.459 e. The van der Waals surface area contributed by atoms with Gasteiger partial charge in [0.15, 0.2) is 5.76 Å². The molecule has 3 aromatic rings. The summed E-state index contributed by atoms with van der Waals surface area (Å²) in [5, 5.41) is 2.94. The minimum absolute atomic E-state index is 0.211. The van der Waals surface area contributed by atoms with Crippen LogP contribution in [0.1, 0.15) is 32.0 Å². The van der Waals surface area contributed by atoms with E-state index in [1.54, 1.807) is 43.4 Å². The van der Waals surface area contributed by atoms with Crippen LogP contribution in [0.3, 0.4) is 0 Å². The smallest absolute Gasteiger partial charge is 0.293 e. The number of carbonyl (C=O) groups is 2. The maximum absolute atomic E-state index is 12.7. The summed E-state index contributed by atoms with van der Waals surface area (Å²) in [6.45, 7) is 2.57. The maximum Gasteiger partial charge on any atom is 0.293 e. The van der Waals surface area contributed by atoms with Gasteiger partial charge >= 0.3 is 0 Å². The van der Waals surface area contributed by atoms with E-state index in [-0.39, 0.29) is 17.6 Å². The van der Waals surface area contributed by atoms with Crippen LogP contribution in [-0.2, 0) is 6.42 Å². The van der Waals surface area contributed by atoms with Crippen molar-refractivity contribution in [3.8, 4) is 0 Å². The van der Waals surface area contributed by atoms with Crippen molar-refractivity contribution in [3.05, 3.63) is 89.4 Å². The van der Waals surface area contributed by atoms with E-state index in [2.05, 4.69) is 11.4 Å². The molecule has 138 valence electrons. The molecule has 3 rings (SSSR count). The first-order chi connectivity index (χ1) is 13.1. The van der Waals surface area contributed by atoms with Crippen LogP contribution in [0, 0.1) is 6.92 Å². The lowest BCUT2D eigenvalue weighted by Crippen LogP contribution is -2.31. The van der Waals surface area contributed by atoms with E-state index in [0.29, 0.717) is 17.8 Å².